The maximum Gasteiger partial charge on any atom is 0.309 e. The molecule has 0 saturated heterocycles. The number of nitrogens with one attached hydrogen (secondary N) is 2. The van der Waals surface area contributed by atoms with Crippen LogP contribution in [0.15, 0.2) is 66.7 Å². The molecule has 0 radical (unpaired) electrons. The molecule has 0 bridgehead atoms. The van der Waals surface area contributed by atoms with Crippen molar-refractivity contribution in [3.05, 3.63) is 89.2 Å². The molecule has 0 fully saturated rings. The van der Waals surface area contributed by atoms with Crippen LogP contribution in [0.2, 0.25) is 0 Å². The van der Waals surface area contributed by atoms with Crippen molar-refractivity contribution in [2.45, 2.75) is 19.9 Å². The van der Waals surface area contributed by atoms with Gasteiger partial charge < -0.3 is 25.0 Å². The highest BCUT2D eigenvalue weighted by Crippen LogP contribution is 2.38. The van der Waals surface area contributed by atoms with E-state index >= 15 is 0 Å². The molecule has 192 valence electrons. The van der Waals surface area contributed by atoms with Crippen molar-refractivity contribution in [3.63, 3.8) is 0 Å². The second kappa shape index (κ2) is 11.7. The zero-order chi connectivity index (χ0) is 26.4. The summed E-state index contributed by atoms with van der Waals surface area (Å²) >= 11 is 0. The first kappa shape index (κ1) is 25.9. The number of carbonyl (C=O) groups excluding carboxylic acids is 2. The Kier molecular flexibility index (Phi) is 8.20. The van der Waals surface area contributed by atoms with E-state index in [2.05, 4.69) is 15.5 Å². The number of halogens is 1. The molecule has 0 aliphatic carbocycles. The number of ether oxygens (including phenoxy) is 2. The van der Waals surface area contributed by atoms with Crippen LogP contribution in [0, 0.1) is 5.82 Å². The number of amides is 1. The Morgan fingerprint density at radius 3 is 2.57 bits per heavy atom. The summed E-state index contributed by atoms with van der Waals surface area (Å²) < 4.78 is 24.6. The van der Waals surface area contributed by atoms with Gasteiger partial charge in [-0.2, -0.15) is 0 Å². The van der Waals surface area contributed by atoms with Crippen LogP contribution < -0.4 is 15.4 Å². The summed E-state index contributed by atoms with van der Waals surface area (Å²) in [6, 6.07) is 19.5. The Balaban J connectivity index is 1.69. The second-order valence-electron chi connectivity index (χ2n) is 8.89. The zero-order valence-electron chi connectivity index (χ0n) is 21.1. The molecule has 3 aromatic rings. The summed E-state index contributed by atoms with van der Waals surface area (Å²) in [4.78, 5) is 26.8. The number of benzene rings is 3. The fourth-order valence-corrected chi connectivity index (χ4v) is 4.10. The standard InChI is InChI=1S/C29H30FN3O4/c1-4-36-26(34)14-15-37-23-7-5-6-20(16-23)28(31-22-11-8-19(9-12-22)18-33(2)3)27-24-13-10-21(30)17-25(24)32-29(27)35/h5-13,16-17,31H,4,14-15,18H2,1-3H3,(H,32,35)/b28-27-. The van der Waals surface area contributed by atoms with Crippen LogP contribution in [0.25, 0.3) is 11.3 Å². The van der Waals surface area contributed by atoms with Crippen LogP contribution in [0.4, 0.5) is 15.8 Å². The van der Waals surface area contributed by atoms with E-state index in [1.54, 1.807) is 25.1 Å². The van der Waals surface area contributed by atoms with Gasteiger partial charge in [0.05, 0.1) is 36.6 Å². The Morgan fingerprint density at radius 1 is 1.05 bits per heavy atom. The van der Waals surface area contributed by atoms with Crippen LogP contribution in [0.3, 0.4) is 0 Å². The maximum atomic E-state index is 13.9. The minimum atomic E-state index is -0.428. The predicted octanol–water partition coefficient (Wildman–Crippen LogP) is 5.15. The quantitative estimate of drug-likeness (QED) is 0.294. The van der Waals surface area contributed by atoms with Gasteiger partial charge in [-0.3, -0.25) is 9.59 Å². The molecule has 2 N–H and O–H groups in total. The van der Waals surface area contributed by atoms with Crippen molar-refractivity contribution >= 4 is 34.5 Å². The lowest BCUT2D eigenvalue weighted by Gasteiger charge is -2.17. The lowest BCUT2D eigenvalue weighted by Crippen LogP contribution is -2.12. The van der Waals surface area contributed by atoms with Gasteiger partial charge in [0.1, 0.15) is 11.6 Å². The van der Waals surface area contributed by atoms with Gasteiger partial charge in [-0.05, 0) is 69.0 Å². The second-order valence-corrected chi connectivity index (χ2v) is 8.89. The van der Waals surface area contributed by atoms with Crippen molar-refractivity contribution in [3.8, 4) is 5.75 Å². The van der Waals surface area contributed by atoms with Crippen LogP contribution in [0.5, 0.6) is 5.75 Å². The Hall–Kier alpha value is -4.17. The Labute approximate surface area is 215 Å². The highest BCUT2D eigenvalue weighted by molar-refractivity contribution is 6.37. The van der Waals surface area contributed by atoms with E-state index < -0.39 is 5.82 Å². The van der Waals surface area contributed by atoms with Crippen molar-refractivity contribution in [2.75, 3.05) is 37.9 Å². The molecule has 3 aromatic carbocycles. The minimum Gasteiger partial charge on any atom is -0.493 e. The first-order valence-electron chi connectivity index (χ1n) is 12.1. The maximum absolute atomic E-state index is 13.9. The molecule has 4 rings (SSSR count). The van der Waals surface area contributed by atoms with E-state index in [9.17, 15) is 14.0 Å². The van der Waals surface area contributed by atoms with Gasteiger partial charge in [0, 0.05) is 23.4 Å². The third-order valence-corrected chi connectivity index (χ3v) is 5.70. The van der Waals surface area contributed by atoms with Gasteiger partial charge in [0.2, 0.25) is 0 Å². The van der Waals surface area contributed by atoms with Crippen LogP contribution >= 0.6 is 0 Å². The van der Waals surface area contributed by atoms with Crippen molar-refractivity contribution in [1.29, 1.82) is 0 Å². The normalized spacial score (nSPS) is 13.7. The number of rotatable bonds is 10. The lowest BCUT2D eigenvalue weighted by molar-refractivity contribution is -0.143. The van der Waals surface area contributed by atoms with Gasteiger partial charge in [-0.15, -0.1) is 0 Å². The van der Waals surface area contributed by atoms with Gasteiger partial charge in [0.15, 0.2) is 0 Å². The fourth-order valence-electron chi connectivity index (χ4n) is 4.10. The summed E-state index contributed by atoms with van der Waals surface area (Å²) in [5, 5.41) is 6.17. The third-order valence-electron chi connectivity index (χ3n) is 5.70. The van der Waals surface area contributed by atoms with Crippen molar-refractivity contribution in [2.24, 2.45) is 0 Å². The van der Waals surface area contributed by atoms with E-state index in [1.165, 1.54) is 12.1 Å². The molecule has 0 atom stereocenters. The van der Waals surface area contributed by atoms with Crippen molar-refractivity contribution in [1.82, 2.24) is 4.90 Å². The largest absolute Gasteiger partial charge is 0.493 e. The molecule has 0 unspecified atom stereocenters. The van der Waals surface area contributed by atoms with Crippen LogP contribution in [-0.4, -0.2) is 44.1 Å². The lowest BCUT2D eigenvalue weighted by atomic mass is 9.99. The van der Waals surface area contributed by atoms with E-state index in [4.69, 9.17) is 9.47 Å². The molecule has 1 heterocycles. The highest BCUT2D eigenvalue weighted by Gasteiger charge is 2.29. The molecule has 0 aromatic heterocycles. The molecule has 8 heteroatoms. The van der Waals surface area contributed by atoms with Gasteiger partial charge in [-0.25, -0.2) is 4.39 Å². The summed E-state index contributed by atoms with van der Waals surface area (Å²) in [6.45, 7) is 3.05. The molecule has 0 spiro atoms. The monoisotopic (exact) mass is 503 g/mol. The third kappa shape index (κ3) is 6.54. The fraction of sp³-hybridized carbons (Fsp3) is 0.241. The van der Waals surface area contributed by atoms with Gasteiger partial charge in [-0.1, -0.05) is 24.3 Å². The first-order chi connectivity index (χ1) is 17.8. The number of fused-ring (bicyclic) bond motifs is 1. The van der Waals surface area contributed by atoms with E-state index in [0.29, 0.717) is 40.4 Å². The molecule has 1 aliphatic rings. The molecule has 1 aliphatic heterocycles. The summed E-state index contributed by atoms with van der Waals surface area (Å²) in [5.74, 6) is -0.544. The molecule has 7 nitrogen and oxygen atoms in total. The van der Waals surface area contributed by atoms with Gasteiger partial charge in [0.25, 0.3) is 5.91 Å². The average molecular weight is 504 g/mol. The van der Waals surface area contributed by atoms with Crippen LogP contribution in [0.1, 0.15) is 30.0 Å². The zero-order valence-corrected chi connectivity index (χ0v) is 21.1. The first-order valence-corrected chi connectivity index (χ1v) is 12.1. The number of hydrogen-bond acceptors (Lipinski definition) is 6. The number of esters is 1. The minimum absolute atomic E-state index is 0.130. The number of anilines is 2. The van der Waals surface area contributed by atoms with Crippen LogP contribution in [-0.2, 0) is 20.9 Å². The molecule has 37 heavy (non-hydrogen) atoms. The average Bonchev–Trinajstić information content (AvgIpc) is 3.18. The number of carbonyl (C=O) groups is 2. The topological polar surface area (TPSA) is 79.9 Å². The SMILES string of the molecule is CCOC(=O)CCOc1cccc(/C(Nc2ccc(CN(C)C)cc2)=C2/C(=O)Nc3cc(F)ccc32)c1. The Morgan fingerprint density at radius 2 is 1.84 bits per heavy atom. The van der Waals surface area contributed by atoms with E-state index in [1.807, 2.05) is 50.5 Å². The molecular weight excluding hydrogens is 473 g/mol. The predicted molar refractivity (Wildman–Crippen MR) is 142 cm³/mol. The van der Waals surface area contributed by atoms with Crippen molar-refractivity contribution < 1.29 is 23.5 Å². The number of hydrogen-bond donors (Lipinski definition) is 2. The smallest absolute Gasteiger partial charge is 0.309 e. The molecular formula is C29H30FN3O4. The summed E-state index contributed by atoms with van der Waals surface area (Å²) in [7, 11) is 4.02. The number of nitrogens with zero attached hydrogens (tertiary/aromatic N) is 1. The van der Waals surface area contributed by atoms with E-state index in [-0.39, 0.29) is 24.9 Å². The summed E-state index contributed by atoms with van der Waals surface area (Å²) in [6.07, 6.45) is 0.130. The Bertz CT molecular complexity index is 1320. The summed E-state index contributed by atoms with van der Waals surface area (Å²) in [5.41, 5.74) is 4.63. The van der Waals surface area contributed by atoms with E-state index in [0.717, 1.165) is 17.8 Å². The highest BCUT2D eigenvalue weighted by atomic mass is 19.1. The molecule has 0 saturated carbocycles. The molecule has 1 amide bonds. The van der Waals surface area contributed by atoms with Gasteiger partial charge >= 0.3 is 5.97 Å².